The van der Waals surface area contributed by atoms with Crippen LogP contribution in [0, 0.1) is 5.92 Å². The predicted molar refractivity (Wildman–Crippen MR) is 71.6 cm³/mol. The Kier molecular flexibility index (Phi) is 4.28. The summed E-state index contributed by atoms with van der Waals surface area (Å²) in [6, 6.07) is 2.03. The number of hydrogen-bond acceptors (Lipinski definition) is 3. The molecule has 0 bridgehead atoms. The van der Waals surface area contributed by atoms with E-state index in [9.17, 15) is 4.79 Å². The smallest absolute Gasteiger partial charge is 0.307 e. The van der Waals surface area contributed by atoms with Crippen molar-refractivity contribution < 1.29 is 9.90 Å². The van der Waals surface area contributed by atoms with Gasteiger partial charge in [-0.1, -0.05) is 13.8 Å². The zero-order valence-electron chi connectivity index (χ0n) is 11.8. The van der Waals surface area contributed by atoms with Crippen molar-refractivity contribution in [1.82, 2.24) is 9.80 Å². The lowest BCUT2D eigenvalue weighted by Crippen LogP contribution is -2.41. The minimum atomic E-state index is -0.682. The SMILES string of the molecule is CCN(CC(C)C(=O)O)C1CC(C)N(C2CC2)C1. The molecule has 0 aromatic carbocycles. The summed E-state index contributed by atoms with van der Waals surface area (Å²) >= 11 is 0. The normalized spacial score (nSPS) is 30.9. The fraction of sp³-hybridized carbons (Fsp3) is 0.929. The summed E-state index contributed by atoms with van der Waals surface area (Å²) in [5.74, 6) is -0.950. The Morgan fingerprint density at radius 2 is 2.17 bits per heavy atom. The van der Waals surface area contributed by atoms with E-state index in [-0.39, 0.29) is 5.92 Å². The Bertz CT molecular complexity index is 304. The Balaban J connectivity index is 1.90. The van der Waals surface area contributed by atoms with E-state index >= 15 is 0 Å². The Hall–Kier alpha value is -0.610. The van der Waals surface area contributed by atoms with Gasteiger partial charge in [0.2, 0.25) is 0 Å². The minimum Gasteiger partial charge on any atom is -0.481 e. The van der Waals surface area contributed by atoms with Crippen molar-refractivity contribution >= 4 is 5.97 Å². The molecule has 4 heteroatoms. The second kappa shape index (κ2) is 5.57. The first kappa shape index (κ1) is 13.8. The van der Waals surface area contributed by atoms with E-state index in [0.717, 1.165) is 19.1 Å². The van der Waals surface area contributed by atoms with Gasteiger partial charge in [0.1, 0.15) is 0 Å². The van der Waals surface area contributed by atoms with Gasteiger partial charge in [-0.15, -0.1) is 0 Å². The van der Waals surface area contributed by atoms with Crippen LogP contribution in [0.25, 0.3) is 0 Å². The highest BCUT2D eigenvalue weighted by molar-refractivity contribution is 5.69. The maximum atomic E-state index is 11.0. The summed E-state index contributed by atoms with van der Waals surface area (Å²) in [7, 11) is 0. The van der Waals surface area contributed by atoms with Crippen LogP contribution < -0.4 is 0 Å². The Morgan fingerprint density at radius 3 is 2.67 bits per heavy atom. The highest BCUT2D eigenvalue weighted by Crippen LogP contribution is 2.34. The van der Waals surface area contributed by atoms with Crippen LogP contribution in [-0.4, -0.2) is 58.6 Å². The van der Waals surface area contributed by atoms with Gasteiger partial charge >= 0.3 is 5.97 Å². The van der Waals surface area contributed by atoms with Crippen LogP contribution in [0.15, 0.2) is 0 Å². The molecule has 0 amide bonds. The first-order chi connectivity index (χ1) is 8.52. The van der Waals surface area contributed by atoms with Crippen LogP contribution in [0.1, 0.15) is 40.0 Å². The van der Waals surface area contributed by atoms with Crippen LogP contribution in [-0.2, 0) is 4.79 Å². The largest absolute Gasteiger partial charge is 0.481 e. The van der Waals surface area contributed by atoms with Gasteiger partial charge in [-0.2, -0.15) is 0 Å². The fourth-order valence-corrected chi connectivity index (χ4v) is 3.17. The topological polar surface area (TPSA) is 43.8 Å². The molecule has 0 spiro atoms. The molecule has 1 saturated carbocycles. The van der Waals surface area contributed by atoms with Crippen molar-refractivity contribution in [3.8, 4) is 0 Å². The van der Waals surface area contributed by atoms with E-state index in [2.05, 4.69) is 23.6 Å². The average Bonchev–Trinajstić information content (AvgIpc) is 3.09. The molecule has 1 saturated heterocycles. The Morgan fingerprint density at radius 1 is 1.50 bits per heavy atom. The molecule has 3 unspecified atom stereocenters. The van der Waals surface area contributed by atoms with Crippen LogP contribution in [0.5, 0.6) is 0 Å². The summed E-state index contributed by atoms with van der Waals surface area (Å²) < 4.78 is 0. The first-order valence-corrected chi connectivity index (χ1v) is 7.25. The highest BCUT2D eigenvalue weighted by Gasteiger charge is 2.40. The Labute approximate surface area is 110 Å². The summed E-state index contributed by atoms with van der Waals surface area (Å²) in [4.78, 5) is 16.0. The molecular weight excluding hydrogens is 228 g/mol. The molecule has 1 heterocycles. The third-order valence-corrected chi connectivity index (χ3v) is 4.47. The first-order valence-electron chi connectivity index (χ1n) is 7.25. The van der Waals surface area contributed by atoms with Gasteiger partial charge in [-0.3, -0.25) is 14.6 Å². The van der Waals surface area contributed by atoms with Crippen molar-refractivity contribution in [2.45, 2.75) is 58.2 Å². The minimum absolute atomic E-state index is 0.268. The number of carbonyl (C=O) groups is 1. The second-order valence-electron chi connectivity index (χ2n) is 5.99. The molecule has 0 aromatic rings. The van der Waals surface area contributed by atoms with E-state index in [1.165, 1.54) is 19.3 Å². The monoisotopic (exact) mass is 254 g/mol. The summed E-state index contributed by atoms with van der Waals surface area (Å²) in [6.45, 7) is 9.02. The van der Waals surface area contributed by atoms with Crippen LogP contribution in [0.2, 0.25) is 0 Å². The van der Waals surface area contributed by atoms with Crippen molar-refractivity contribution in [2.24, 2.45) is 5.92 Å². The lowest BCUT2D eigenvalue weighted by Gasteiger charge is -2.29. The standard InChI is InChI=1S/C14H26N2O2/c1-4-15(8-10(2)14(17)18)13-7-11(3)16(9-13)12-5-6-12/h10-13H,4-9H2,1-3H3,(H,17,18). The van der Waals surface area contributed by atoms with Crippen LogP contribution in [0.4, 0.5) is 0 Å². The van der Waals surface area contributed by atoms with E-state index in [1.807, 2.05) is 6.92 Å². The van der Waals surface area contributed by atoms with Gasteiger partial charge in [0.05, 0.1) is 5.92 Å². The summed E-state index contributed by atoms with van der Waals surface area (Å²) in [5.41, 5.74) is 0. The number of aliphatic carboxylic acids is 1. The third kappa shape index (κ3) is 3.04. The third-order valence-electron chi connectivity index (χ3n) is 4.47. The number of likely N-dealkylation sites (tertiary alicyclic amines) is 1. The predicted octanol–water partition coefficient (Wildman–Crippen LogP) is 1.65. The van der Waals surface area contributed by atoms with Crippen molar-refractivity contribution in [3.63, 3.8) is 0 Å². The molecule has 1 aliphatic carbocycles. The van der Waals surface area contributed by atoms with E-state index < -0.39 is 5.97 Å². The van der Waals surface area contributed by atoms with Gasteiger partial charge in [0.15, 0.2) is 0 Å². The number of carboxylic acid groups (broad SMARTS) is 1. The molecule has 4 nitrogen and oxygen atoms in total. The number of nitrogens with zero attached hydrogens (tertiary/aromatic N) is 2. The molecule has 1 N–H and O–H groups in total. The zero-order chi connectivity index (χ0) is 13.3. The molecule has 2 rings (SSSR count). The van der Waals surface area contributed by atoms with Gasteiger partial charge < -0.3 is 5.11 Å². The van der Waals surface area contributed by atoms with Crippen LogP contribution in [0.3, 0.4) is 0 Å². The lowest BCUT2D eigenvalue weighted by atomic mass is 10.1. The summed E-state index contributed by atoms with van der Waals surface area (Å²) in [6.07, 6.45) is 3.90. The van der Waals surface area contributed by atoms with Gasteiger partial charge in [0.25, 0.3) is 0 Å². The second-order valence-corrected chi connectivity index (χ2v) is 5.99. The number of carboxylic acids is 1. The summed E-state index contributed by atoms with van der Waals surface area (Å²) in [5, 5.41) is 9.03. The molecule has 3 atom stereocenters. The van der Waals surface area contributed by atoms with Crippen molar-refractivity contribution in [2.75, 3.05) is 19.6 Å². The molecule has 0 radical (unpaired) electrons. The van der Waals surface area contributed by atoms with Gasteiger partial charge in [0, 0.05) is 31.2 Å². The maximum absolute atomic E-state index is 11.0. The van der Waals surface area contributed by atoms with Crippen molar-refractivity contribution in [1.29, 1.82) is 0 Å². The number of likely N-dealkylation sites (N-methyl/N-ethyl adjacent to an activating group) is 1. The quantitative estimate of drug-likeness (QED) is 0.783. The zero-order valence-corrected chi connectivity index (χ0v) is 11.8. The highest BCUT2D eigenvalue weighted by atomic mass is 16.4. The number of hydrogen-bond donors (Lipinski definition) is 1. The molecule has 18 heavy (non-hydrogen) atoms. The number of rotatable bonds is 6. The van der Waals surface area contributed by atoms with Gasteiger partial charge in [-0.05, 0) is 32.7 Å². The fourth-order valence-electron chi connectivity index (χ4n) is 3.17. The molecule has 104 valence electrons. The van der Waals surface area contributed by atoms with Crippen molar-refractivity contribution in [3.05, 3.63) is 0 Å². The molecular formula is C14H26N2O2. The van der Waals surface area contributed by atoms with E-state index in [1.54, 1.807) is 0 Å². The maximum Gasteiger partial charge on any atom is 0.307 e. The lowest BCUT2D eigenvalue weighted by molar-refractivity contribution is -0.141. The van der Waals surface area contributed by atoms with E-state index in [4.69, 9.17) is 5.11 Å². The molecule has 2 aliphatic rings. The van der Waals surface area contributed by atoms with Gasteiger partial charge in [-0.25, -0.2) is 0 Å². The van der Waals surface area contributed by atoms with E-state index in [0.29, 0.717) is 18.6 Å². The molecule has 1 aliphatic heterocycles. The molecule has 2 fully saturated rings. The average molecular weight is 254 g/mol. The van der Waals surface area contributed by atoms with Crippen LogP contribution >= 0.6 is 0 Å². The molecule has 0 aromatic heterocycles.